The Morgan fingerprint density at radius 3 is 2.33 bits per heavy atom. The van der Waals surface area contributed by atoms with Crippen molar-refractivity contribution in [2.24, 2.45) is 0 Å². The van der Waals surface area contributed by atoms with Gasteiger partial charge in [0.2, 0.25) is 10.0 Å². The number of ether oxygens (including phenoxy) is 2. The second kappa shape index (κ2) is 9.84. The fraction of sp³-hybridized carbons (Fsp3) is 0.333. The smallest absolute Gasteiger partial charge is 0.338 e. The molecule has 2 aromatic carbocycles. The highest BCUT2D eigenvalue weighted by Crippen LogP contribution is 2.18. The maximum atomic E-state index is 12.6. The van der Waals surface area contributed by atoms with Gasteiger partial charge < -0.3 is 14.8 Å². The van der Waals surface area contributed by atoms with Crippen molar-refractivity contribution in [1.82, 2.24) is 9.62 Å². The van der Waals surface area contributed by atoms with Crippen molar-refractivity contribution >= 4 is 21.9 Å². The lowest BCUT2D eigenvalue weighted by Crippen LogP contribution is -2.40. The van der Waals surface area contributed by atoms with Crippen LogP contribution in [0.3, 0.4) is 0 Å². The van der Waals surface area contributed by atoms with Crippen LogP contribution in [0, 0.1) is 0 Å². The second-order valence-electron chi connectivity index (χ2n) is 6.82. The molecule has 30 heavy (non-hydrogen) atoms. The standard InChI is InChI=1S/C21H24N2O6S/c1-16(17-5-3-2-4-6-17)22-20(24)15-29-21(25)18-7-9-19(10-8-18)30(26,27)23-11-13-28-14-12-23/h2-10,16H,11-15H2,1H3,(H,22,24)/t16-/m1/s1. The van der Waals surface area contributed by atoms with Crippen molar-refractivity contribution in [2.45, 2.75) is 17.9 Å². The Morgan fingerprint density at radius 2 is 1.70 bits per heavy atom. The van der Waals surface area contributed by atoms with E-state index in [0.717, 1.165) is 5.56 Å². The summed E-state index contributed by atoms with van der Waals surface area (Å²) in [5.74, 6) is -1.13. The summed E-state index contributed by atoms with van der Waals surface area (Å²) in [6.45, 7) is 2.71. The lowest BCUT2D eigenvalue weighted by molar-refractivity contribution is -0.124. The first-order chi connectivity index (χ1) is 14.4. The number of amides is 1. The van der Waals surface area contributed by atoms with Crippen LogP contribution in [0.1, 0.15) is 28.9 Å². The molecule has 1 saturated heterocycles. The van der Waals surface area contributed by atoms with E-state index in [2.05, 4.69) is 5.32 Å². The van der Waals surface area contributed by atoms with Crippen molar-refractivity contribution < 1.29 is 27.5 Å². The van der Waals surface area contributed by atoms with E-state index in [-0.39, 0.29) is 16.5 Å². The molecule has 1 heterocycles. The van der Waals surface area contributed by atoms with E-state index >= 15 is 0 Å². The molecule has 0 saturated carbocycles. The number of carbonyl (C=O) groups excluding carboxylic acids is 2. The zero-order chi connectivity index (χ0) is 21.6. The van der Waals surface area contributed by atoms with Gasteiger partial charge in [-0.25, -0.2) is 13.2 Å². The molecule has 160 valence electrons. The lowest BCUT2D eigenvalue weighted by Gasteiger charge is -2.26. The van der Waals surface area contributed by atoms with Crippen LogP contribution in [-0.2, 0) is 24.3 Å². The zero-order valence-electron chi connectivity index (χ0n) is 16.6. The first kappa shape index (κ1) is 21.9. The third-order valence-corrected chi connectivity index (χ3v) is 6.62. The van der Waals surface area contributed by atoms with E-state index in [0.29, 0.717) is 26.3 Å². The van der Waals surface area contributed by atoms with Gasteiger partial charge in [0, 0.05) is 13.1 Å². The summed E-state index contributed by atoms with van der Waals surface area (Å²) in [5, 5.41) is 2.76. The molecule has 0 aromatic heterocycles. The van der Waals surface area contributed by atoms with Crippen LogP contribution in [-0.4, -0.2) is 57.5 Å². The third kappa shape index (κ3) is 5.44. The minimum absolute atomic E-state index is 0.0929. The topological polar surface area (TPSA) is 102 Å². The second-order valence-corrected chi connectivity index (χ2v) is 8.75. The summed E-state index contributed by atoms with van der Waals surface area (Å²) in [4.78, 5) is 24.3. The summed E-state index contributed by atoms with van der Waals surface area (Å²) >= 11 is 0. The van der Waals surface area contributed by atoms with Crippen LogP contribution in [0.15, 0.2) is 59.5 Å². The predicted molar refractivity (Wildman–Crippen MR) is 109 cm³/mol. The number of esters is 1. The van der Waals surface area contributed by atoms with Gasteiger partial charge in [0.25, 0.3) is 5.91 Å². The SMILES string of the molecule is C[C@@H](NC(=O)COC(=O)c1ccc(S(=O)(=O)N2CCOCC2)cc1)c1ccccc1. The van der Waals surface area contributed by atoms with Crippen molar-refractivity contribution in [1.29, 1.82) is 0 Å². The van der Waals surface area contributed by atoms with Gasteiger partial charge in [0.15, 0.2) is 6.61 Å². The molecular weight excluding hydrogens is 408 g/mol. The summed E-state index contributed by atoms with van der Waals surface area (Å²) < 4.78 is 36.8. The van der Waals surface area contributed by atoms with Crippen LogP contribution < -0.4 is 5.32 Å². The maximum absolute atomic E-state index is 12.6. The minimum atomic E-state index is -3.63. The van der Waals surface area contributed by atoms with E-state index < -0.39 is 28.5 Å². The molecule has 1 aliphatic rings. The Labute approximate surface area is 175 Å². The van der Waals surface area contributed by atoms with Crippen LogP contribution in [0.4, 0.5) is 0 Å². The van der Waals surface area contributed by atoms with Gasteiger partial charge >= 0.3 is 5.97 Å². The normalized spacial score (nSPS) is 15.9. The zero-order valence-corrected chi connectivity index (χ0v) is 17.4. The van der Waals surface area contributed by atoms with Gasteiger partial charge in [0.05, 0.1) is 29.7 Å². The Kier molecular flexibility index (Phi) is 7.20. The van der Waals surface area contributed by atoms with E-state index in [1.165, 1.54) is 28.6 Å². The molecule has 0 radical (unpaired) electrons. The monoisotopic (exact) mass is 432 g/mol. The van der Waals surface area contributed by atoms with Gasteiger partial charge in [-0.2, -0.15) is 4.31 Å². The van der Waals surface area contributed by atoms with Gasteiger partial charge in [0.1, 0.15) is 0 Å². The number of hydrogen-bond donors (Lipinski definition) is 1. The summed E-state index contributed by atoms with van der Waals surface area (Å²) in [6.07, 6.45) is 0. The van der Waals surface area contributed by atoms with Crippen molar-refractivity contribution in [3.8, 4) is 0 Å². The molecule has 0 bridgehead atoms. The molecule has 1 fully saturated rings. The van der Waals surface area contributed by atoms with Crippen LogP contribution in [0.25, 0.3) is 0 Å². The van der Waals surface area contributed by atoms with Gasteiger partial charge in [-0.05, 0) is 36.8 Å². The molecule has 1 aliphatic heterocycles. The van der Waals surface area contributed by atoms with Gasteiger partial charge in [-0.3, -0.25) is 4.79 Å². The fourth-order valence-electron chi connectivity index (χ4n) is 3.02. The number of hydrogen-bond acceptors (Lipinski definition) is 6. The lowest BCUT2D eigenvalue weighted by atomic mass is 10.1. The fourth-order valence-corrected chi connectivity index (χ4v) is 4.43. The Balaban J connectivity index is 1.54. The molecule has 2 aromatic rings. The molecule has 0 unspecified atom stereocenters. The summed E-state index contributed by atoms with van der Waals surface area (Å²) in [5.41, 5.74) is 1.11. The number of nitrogens with one attached hydrogen (secondary N) is 1. The number of nitrogens with zero attached hydrogens (tertiary/aromatic N) is 1. The van der Waals surface area contributed by atoms with E-state index in [4.69, 9.17) is 9.47 Å². The Morgan fingerprint density at radius 1 is 1.07 bits per heavy atom. The number of sulfonamides is 1. The maximum Gasteiger partial charge on any atom is 0.338 e. The van der Waals surface area contributed by atoms with Gasteiger partial charge in [-0.1, -0.05) is 30.3 Å². The number of carbonyl (C=O) groups is 2. The molecule has 1 amide bonds. The molecule has 1 N–H and O–H groups in total. The molecule has 9 heteroatoms. The van der Waals surface area contributed by atoms with Crippen LogP contribution in [0.2, 0.25) is 0 Å². The highest BCUT2D eigenvalue weighted by molar-refractivity contribution is 7.89. The highest BCUT2D eigenvalue weighted by atomic mass is 32.2. The van der Waals surface area contributed by atoms with Crippen LogP contribution >= 0.6 is 0 Å². The quantitative estimate of drug-likeness (QED) is 0.669. The summed E-state index contributed by atoms with van der Waals surface area (Å²) in [7, 11) is -3.63. The number of morpholine rings is 1. The first-order valence-electron chi connectivity index (χ1n) is 9.57. The minimum Gasteiger partial charge on any atom is -0.452 e. The average molecular weight is 432 g/mol. The third-order valence-electron chi connectivity index (χ3n) is 4.71. The van der Waals surface area contributed by atoms with Crippen molar-refractivity contribution in [3.05, 3.63) is 65.7 Å². The van der Waals surface area contributed by atoms with Crippen molar-refractivity contribution in [2.75, 3.05) is 32.9 Å². The predicted octanol–water partition coefficient (Wildman–Crippen LogP) is 1.74. The van der Waals surface area contributed by atoms with E-state index in [9.17, 15) is 18.0 Å². The molecule has 0 aliphatic carbocycles. The molecular formula is C21H24N2O6S. The number of rotatable bonds is 7. The first-order valence-corrected chi connectivity index (χ1v) is 11.0. The molecule has 1 atom stereocenters. The molecule has 0 spiro atoms. The number of benzene rings is 2. The molecule has 3 rings (SSSR count). The average Bonchev–Trinajstić information content (AvgIpc) is 2.78. The van der Waals surface area contributed by atoms with Crippen LogP contribution in [0.5, 0.6) is 0 Å². The molecule has 8 nitrogen and oxygen atoms in total. The largest absolute Gasteiger partial charge is 0.452 e. The van der Waals surface area contributed by atoms with E-state index in [1.54, 1.807) is 0 Å². The Hall–Kier alpha value is -2.75. The van der Waals surface area contributed by atoms with Gasteiger partial charge in [-0.15, -0.1) is 0 Å². The van der Waals surface area contributed by atoms with Crippen molar-refractivity contribution in [3.63, 3.8) is 0 Å². The Bertz CT molecular complexity index is 970. The van der Waals surface area contributed by atoms with E-state index in [1.807, 2.05) is 37.3 Å². The summed E-state index contributed by atoms with van der Waals surface area (Å²) in [6, 6.07) is 14.7. The highest BCUT2D eigenvalue weighted by Gasteiger charge is 2.26.